The fourth-order valence-electron chi connectivity index (χ4n) is 0.725. The molecule has 5 N–H and O–H groups in total. The average molecular weight is 270 g/mol. The van der Waals surface area contributed by atoms with Crippen LogP contribution < -0.4 is 11.5 Å². The molecule has 0 fully saturated rings. The van der Waals surface area contributed by atoms with Gasteiger partial charge in [0.25, 0.3) is 0 Å². The molecule has 0 saturated heterocycles. The first-order valence-corrected chi connectivity index (χ1v) is 7.06. The number of methoxy groups -OCH3 is 2. The average Bonchev–Trinajstić information content (AvgIpc) is 2.31. The summed E-state index contributed by atoms with van der Waals surface area (Å²) in [6, 6.07) is -1.09. The van der Waals surface area contributed by atoms with Gasteiger partial charge >= 0.3 is 5.97 Å². The van der Waals surface area contributed by atoms with Crippen molar-refractivity contribution in [3.8, 4) is 0 Å². The number of aliphatic hydroxyl groups excluding tert-OH is 1. The number of carbonyl (C=O) groups excluding carboxylic acids is 1. The van der Waals surface area contributed by atoms with Crippen LogP contribution in [0.5, 0.6) is 0 Å². The molecule has 0 aromatic heterocycles. The number of nitrogens with two attached hydrogens (primary N) is 2. The molecule has 96 valence electrons. The smallest absolute Gasteiger partial charge is 0.323 e. The Hall–Kier alpha value is 0.01000. The minimum Gasteiger partial charge on any atom is -0.468 e. The second kappa shape index (κ2) is 9.08. The highest BCUT2D eigenvalue weighted by Crippen LogP contribution is 2.22. The Morgan fingerprint density at radius 1 is 1.31 bits per heavy atom. The van der Waals surface area contributed by atoms with Crippen LogP contribution in [0, 0.1) is 0 Å². The van der Waals surface area contributed by atoms with E-state index in [1.54, 1.807) is 0 Å². The van der Waals surface area contributed by atoms with Gasteiger partial charge in [-0.05, 0) is 0 Å². The van der Waals surface area contributed by atoms with Crippen LogP contribution in [0.4, 0.5) is 0 Å². The molecule has 0 saturated carbocycles. The molecular weight excluding hydrogens is 252 g/mol. The van der Waals surface area contributed by atoms with Crippen LogP contribution in [0.2, 0.25) is 0 Å². The summed E-state index contributed by atoms with van der Waals surface area (Å²) in [6.45, 7) is 0. The molecule has 0 aliphatic heterocycles. The van der Waals surface area contributed by atoms with Crippen molar-refractivity contribution in [1.82, 2.24) is 0 Å². The zero-order valence-corrected chi connectivity index (χ0v) is 10.9. The van der Waals surface area contributed by atoms with Gasteiger partial charge in [-0.2, -0.15) is 0 Å². The van der Waals surface area contributed by atoms with Crippen molar-refractivity contribution in [2.45, 2.75) is 18.4 Å². The van der Waals surface area contributed by atoms with Crippen LogP contribution in [0.1, 0.15) is 0 Å². The molecular formula is C8H18N2O4S2. The maximum absolute atomic E-state index is 10.9. The second-order valence-electron chi connectivity index (χ2n) is 2.99. The number of aliphatic hydroxyl groups is 1. The van der Waals surface area contributed by atoms with E-state index in [0.29, 0.717) is 11.5 Å². The topological polar surface area (TPSA) is 108 Å². The van der Waals surface area contributed by atoms with Crippen molar-refractivity contribution in [2.24, 2.45) is 11.5 Å². The summed E-state index contributed by atoms with van der Waals surface area (Å²) in [4.78, 5) is 10.9. The van der Waals surface area contributed by atoms with E-state index in [2.05, 4.69) is 9.47 Å². The lowest BCUT2D eigenvalue weighted by molar-refractivity contribution is -0.141. The molecule has 3 unspecified atom stereocenters. The molecule has 0 radical (unpaired) electrons. The van der Waals surface area contributed by atoms with Gasteiger partial charge in [-0.25, -0.2) is 0 Å². The maximum Gasteiger partial charge on any atom is 0.323 e. The quantitative estimate of drug-likeness (QED) is 0.227. The van der Waals surface area contributed by atoms with E-state index in [1.807, 2.05) is 0 Å². The standard InChI is InChI=1S/C8H18N2O4S2/c1-13-7(11)5(9)3-15-16-4-6(10)8(12)14-2/h5-7,11H,3-4,9-10H2,1-2H3. The Bertz CT molecular complexity index is 208. The Kier molecular flexibility index (Phi) is 9.09. The Balaban J connectivity index is 3.56. The minimum atomic E-state index is -0.970. The summed E-state index contributed by atoms with van der Waals surface area (Å²) in [7, 11) is 5.51. The first-order valence-electron chi connectivity index (χ1n) is 4.57. The van der Waals surface area contributed by atoms with E-state index >= 15 is 0 Å². The van der Waals surface area contributed by atoms with E-state index in [1.165, 1.54) is 35.8 Å². The van der Waals surface area contributed by atoms with E-state index in [0.717, 1.165) is 0 Å². The summed E-state index contributed by atoms with van der Waals surface area (Å²) < 4.78 is 9.13. The number of hydrogen-bond donors (Lipinski definition) is 3. The molecule has 3 atom stereocenters. The fourth-order valence-corrected chi connectivity index (χ4v) is 3.01. The Morgan fingerprint density at radius 3 is 2.38 bits per heavy atom. The van der Waals surface area contributed by atoms with Crippen LogP contribution in [-0.4, -0.2) is 55.2 Å². The lowest BCUT2D eigenvalue weighted by Crippen LogP contribution is -2.38. The van der Waals surface area contributed by atoms with Crippen molar-refractivity contribution in [3.05, 3.63) is 0 Å². The minimum absolute atomic E-state index is 0.436. The van der Waals surface area contributed by atoms with Crippen LogP contribution in [0.15, 0.2) is 0 Å². The van der Waals surface area contributed by atoms with E-state index in [9.17, 15) is 9.90 Å². The van der Waals surface area contributed by atoms with Gasteiger partial charge in [0.1, 0.15) is 6.04 Å². The largest absolute Gasteiger partial charge is 0.468 e. The van der Waals surface area contributed by atoms with Crippen LogP contribution in [0.3, 0.4) is 0 Å². The zero-order chi connectivity index (χ0) is 12.6. The third kappa shape index (κ3) is 6.56. The lowest BCUT2D eigenvalue weighted by atomic mass is 10.3. The summed E-state index contributed by atoms with van der Waals surface area (Å²) in [6.07, 6.45) is -0.970. The zero-order valence-electron chi connectivity index (χ0n) is 9.29. The van der Waals surface area contributed by atoms with Gasteiger partial charge in [-0.1, -0.05) is 21.6 Å². The Morgan fingerprint density at radius 2 is 1.88 bits per heavy atom. The molecule has 0 spiro atoms. The number of rotatable bonds is 8. The highest BCUT2D eigenvalue weighted by atomic mass is 33.1. The highest BCUT2D eigenvalue weighted by Gasteiger charge is 2.16. The third-order valence-electron chi connectivity index (χ3n) is 1.70. The molecule has 8 heteroatoms. The van der Waals surface area contributed by atoms with E-state index < -0.39 is 24.3 Å². The first-order chi connectivity index (χ1) is 7.52. The molecule has 0 bridgehead atoms. The normalized spacial score (nSPS) is 16.6. The van der Waals surface area contributed by atoms with Crippen LogP contribution in [0.25, 0.3) is 0 Å². The highest BCUT2D eigenvalue weighted by molar-refractivity contribution is 8.76. The van der Waals surface area contributed by atoms with Gasteiger partial charge in [0.05, 0.1) is 13.2 Å². The number of carbonyl (C=O) groups is 1. The molecule has 0 rings (SSSR count). The molecule has 0 heterocycles. The molecule has 16 heavy (non-hydrogen) atoms. The number of ether oxygens (including phenoxy) is 2. The van der Waals surface area contributed by atoms with E-state index in [-0.39, 0.29) is 0 Å². The first kappa shape index (κ1) is 16.0. The van der Waals surface area contributed by atoms with Crippen molar-refractivity contribution in [1.29, 1.82) is 0 Å². The van der Waals surface area contributed by atoms with Gasteiger partial charge in [-0.3, -0.25) is 4.79 Å². The predicted molar refractivity (Wildman–Crippen MR) is 65.9 cm³/mol. The summed E-state index contributed by atoms with van der Waals surface area (Å²) >= 11 is 0. The summed E-state index contributed by atoms with van der Waals surface area (Å²) in [5.74, 6) is 0.509. The van der Waals surface area contributed by atoms with Crippen LogP contribution in [-0.2, 0) is 14.3 Å². The maximum atomic E-state index is 10.9. The molecule has 0 amide bonds. The van der Waals surface area contributed by atoms with Gasteiger partial charge in [0.15, 0.2) is 6.29 Å². The molecule has 0 aromatic carbocycles. The van der Waals surface area contributed by atoms with Crippen LogP contribution >= 0.6 is 21.6 Å². The lowest BCUT2D eigenvalue weighted by Gasteiger charge is -2.16. The monoisotopic (exact) mass is 270 g/mol. The van der Waals surface area contributed by atoms with Crippen molar-refractivity contribution in [2.75, 3.05) is 25.7 Å². The molecule has 6 nitrogen and oxygen atoms in total. The van der Waals surface area contributed by atoms with Gasteiger partial charge in [0.2, 0.25) is 0 Å². The third-order valence-corrected chi connectivity index (χ3v) is 4.20. The summed E-state index contributed by atoms with van der Waals surface area (Å²) in [5, 5.41) is 9.19. The number of esters is 1. The molecule has 0 aliphatic rings. The van der Waals surface area contributed by atoms with Gasteiger partial charge in [0, 0.05) is 18.6 Å². The van der Waals surface area contributed by atoms with Crippen molar-refractivity contribution < 1.29 is 19.4 Å². The number of hydrogen-bond acceptors (Lipinski definition) is 8. The van der Waals surface area contributed by atoms with Crippen molar-refractivity contribution >= 4 is 27.6 Å². The second-order valence-corrected chi connectivity index (χ2v) is 5.54. The molecule has 0 aromatic rings. The van der Waals surface area contributed by atoms with Gasteiger partial charge < -0.3 is 26.0 Å². The van der Waals surface area contributed by atoms with E-state index in [4.69, 9.17) is 11.5 Å². The fraction of sp³-hybridized carbons (Fsp3) is 0.875. The molecule has 0 aliphatic carbocycles. The Labute approximate surface area is 103 Å². The predicted octanol–water partition coefficient (Wildman–Crippen LogP) is -0.840. The van der Waals surface area contributed by atoms with Crippen molar-refractivity contribution in [3.63, 3.8) is 0 Å². The summed E-state index contributed by atoms with van der Waals surface area (Å²) in [5.41, 5.74) is 11.1. The SMILES string of the molecule is COC(=O)C(N)CSSCC(N)C(O)OC. The van der Waals surface area contributed by atoms with Gasteiger partial charge in [-0.15, -0.1) is 0 Å².